The molecule has 0 saturated heterocycles. The number of alkyl halides is 2. The van der Waals surface area contributed by atoms with E-state index in [0.717, 1.165) is 0 Å². The first-order chi connectivity index (χ1) is 7.00. The second-order valence-corrected chi connectivity index (χ2v) is 3.43. The molecule has 0 saturated carbocycles. The second-order valence-electron chi connectivity index (χ2n) is 2.51. The fourth-order valence-electron chi connectivity index (χ4n) is 0.837. The highest BCUT2D eigenvalue weighted by Crippen LogP contribution is 2.20. The van der Waals surface area contributed by atoms with Gasteiger partial charge in [-0.05, 0) is 22.0 Å². The summed E-state index contributed by atoms with van der Waals surface area (Å²) in [5, 5.41) is 8.73. The largest absolute Gasteiger partial charge is 0.477 e. The number of carboxylic acid groups (broad SMARTS) is 1. The number of nitrogens with zero attached hydrogens (tertiary/aromatic N) is 1. The summed E-state index contributed by atoms with van der Waals surface area (Å²) < 4.78 is 28.6. The van der Waals surface area contributed by atoms with Crippen molar-refractivity contribution in [2.45, 2.75) is 6.43 Å². The molecule has 0 bridgehead atoms. The lowest BCUT2D eigenvalue weighted by Gasteiger charge is -2.07. The van der Waals surface area contributed by atoms with E-state index in [0.29, 0.717) is 4.47 Å². The summed E-state index contributed by atoms with van der Waals surface area (Å²) >= 11 is 3.02. The van der Waals surface area contributed by atoms with E-state index < -0.39 is 19.0 Å². The molecule has 7 heteroatoms. The van der Waals surface area contributed by atoms with Crippen LogP contribution in [0.5, 0.6) is 5.88 Å². The van der Waals surface area contributed by atoms with E-state index in [2.05, 4.69) is 25.7 Å². The Morgan fingerprint density at radius 2 is 2.33 bits per heavy atom. The van der Waals surface area contributed by atoms with Gasteiger partial charge in [0.2, 0.25) is 5.88 Å². The van der Waals surface area contributed by atoms with E-state index in [1.165, 1.54) is 12.3 Å². The third kappa shape index (κ3) is 3.43. The van der Waals surface area contributed by atoms with E-state index in [1.54, 1.807) is 0 Å². The molecule has 0 unspecified atom stereocenters. The maximum Gasteiger partial charge on any atom is 0.341 e. The topological polar surface area (TPSA) is 59.4 Å². The van der Waals surface area contributed by atoms with Crippen LogP contribution in [0.15, 0.2) is 16.7 Å². The fraction of sp³-hybridized carbons (Fsp3) is 0.250. The standard InChI is InChI=1S/C8H6BrF2NO3/c9-4-1-5(8(13)14)7(12-2-4)15-3-6(10)11/h1-2,6H,3H2,(H,13,14). The van der Waals surface area contributed by atoms with Crippen molar-refractivity contribution >= 4 is 21.9 Å². The SMILES string of the molecule is O=C(O)c1cc(Br)cnc1OCC(F)F. The summed E-state index contributed by atoms with van der Waals surface area (Å²) in [4.78, 5) is 14.3. The lowest BCUT2D eigenvalue weighted by atomic mass is 10.3. The molecule has 1 rings (SSSR count). The molecule has 0 aromatic carbocycles. The van der Waals surface area contributed by atoms with Gasteiger partial charge in [0.05, 0.1) is 0 Å². The monoisotopic (exact) mass is 281 g/mol. The summed E-state index contributed by atoms with van der Waals surface area (Å²) in [5.74, 6) is -1.60. The molecule has 1 aromatic rings. The lowest BCUT2D eigenvalue weighted by molar-refractivity contribution is 0.0656. The second kappa shape index (κ2) is 5.01. The third-order valence-corrected chi connectivity index (χ3v) is 1.83. The van der Waals surface area contributed by atoms with Gasteiger partial charge in [0.1, 0.15) is 5.56 Å². The van der Waals surface area contributed by atoms with Crippen LogP contribution in [0, 0.1) is 0 Å². The van der Waals surface area contributed by atoms with E-state index in [4.69, 9.17) is 5.11 Å². The number of carboxylic acids is 1. The van der Waals surface area contributed by atoms with Crippen molar-refractivity contribution in [2.24, 2.45) is 0 Å². The zero-order valence-electron chi connectivity index (χ0n) is 7.28. The number of aromatic carboxylic acids is 1. The number of halogens is 3. The van der Waals surface area contributed by atoms with Gasteiger partial charge < -0.3 is 9.84 Å². The Balaban J connectivity index is 2.91. The highest BCUT2D eigenvalue weighted by Gasteiger charge is 2.15. The lowest BCUT2D eigenvalue weighted by Crippen LogP contribution is -2.11. The van der Waals surface area contributed by atoms with Crippen molar-refractivity contribution in [3.63, 3.8) is 0 Å². The first kappa shape index (κ1) is 11.8. The average Bonchev–Trinajstić information content (AvgIpc) is 2.15. The quantitative estimate of drug-likeness (QED) is 0.919. The molecular weight excluding hydrogens is 276 g/mol. The van der Waals surface area contributed by atoms with Crippen molar-refractivity contribution in [2.75, 3.05) is 6.61 Å². The summed E-state index contributed by atoms with van der Waals surface area (Å²) in [6, 6.07) is 1.23. The van der Waals surface area contributed by atoms with Crippen LogP contribution >= 0.6 is 15.9 Å². The van der Waals surface area contributed by atoms with Crippen LogP contribution in [0.2, 0.25) is 0 Å². The number of aromatic nitrogens is 1. The highest BCUT2D eigenvalue weighted by molar-refractivity contribution is 9.10. The van der Waals surface area contributed by atoms with Gasteiger partial charge in [-0.15, -0.1) is 0 Å². The molecule has 4 nitrogen and oxygen atoms in total. The van der Waals surface area contributed by atoms with Crippen LogP contribution in [0.3, 0.4) is 0 Å². The van der Waals surface area contributed by atoms with Crippen molar-refractivity contribution in [3.05, 3.63) is 22.3 Å². The van der Waals surface area contributed by atoms with Crippen molar-refractivity contribution < 1.29 is 23.4 Å². The zero-order chi connectivity index (χ0) is 11.4. The van der Waals surface area contributed by atoms with E-state index in [1.807, 2.05) is 0 Å². The molecule has 0 aliphatic rings. The molecule has 0 amide bonds. The highest BCUT2D eigenvalue weighted by atomic mass is 79.9. The Morgan fingerprint density at radius 1 is 1.67 bits per heavy atom. The van der Waals surface area contributed by atoms with Crippen LogP contribution < -0.4 is 4.74 Å². The minimum absolute atomic E-state index is 0.259. The van der Waals surface area contributed by atoms with Crippen LogP contribution in [0.25, 0.3) is 0 Å². The molecule has 0 aliphatic heterocycles. The summed E-state index contributed by atoms with van der Waals surface area (Å²) in [6.45, 7) is -0.880. The number of hydrogen-bond donors (Lipinski definition) is 1. The Hall–Kier alpha value is -1.24. The van der Waals surface area contributed by atoms with Crippen LogP contribution in [0.1, 0.15) is 10.4 Å². The van der Waals surface area contributed by atoms with Gasteiger partial charge in [-0.3, -0.25) is 0 Å². The predicted molar refractivity (Wildman–Crippen MR) is 50.4 cm³/mol. The van der Waals surface area contributed by atoms with E-state index >= 15 is 0 Å². The van der Waals surface area contributed by atoms with Gasteiger partial charge in [-0.25, -0.2) is 18.6 Å². The maximum absolute atomic E-state index is 11.8. The van der Waals surface area contributed by atoms with Crippen LogP contribution in [-0.2, 0) is 0 Å². The maximum atomic E-state index is 11.8. The van der Waals surface area contributed by atoms with Crippen molar-refractivity contribution in [1.82, 2.24) is 4.98 Å². The minimum Gasteiger partial charge on any atom is -0.477 e. The summed E-state index contributed by atoms with van der Waals surface area (Å²) in [5.41, 5.74) is -0.259. The minimum atomic E-state index is -2.67. The number of rotatable bonds is 4. The number of hydrogen-bond acceptors (Lipinski definition) is 3. The number of ether oxygens (including phenoxy) is 1. The zero-order valence-corrected chi connectivity index (χ0v) is 8.87. The van der Waals surface area contributed by atoms with Gasteiger partial charge in [0, 0.05) is 10.7 Å². The molecule has 0 fully saturated rings. The van der Waals surface area contributed by atoms with Gasteiger partial charge in [-0.1, -0.05) is 0 Å². The molecule has 0 aliphatic carbocycles. The predicted octanol–water partition coefficient (Wildman–Crippen LogP) is 2.19. The molecule has 82 valence electrons. The van der Waals surface area contributed by atoms with Crippen molar-refractivity contribution in [1.29, 1.82) is 0 Å². The first-order valence-corrected chi connectivity index (χ1v) is 4.60. The van der Waals surface area contributed by atoms with Gasteiger partial charge in [0.25, 0.3) is 6.43 Å². The van der Waals surface area contributed by atoms with Crippen LogP contribution in [0.4, 0.5) is 8.78 Å². The molecule has 15 heavy (non-hydrogen) atoms. The molecule has 1 aromatic heterocycles. The Bertz CT molecular complexity index is 373. The van der Waals surface area contributed by atoms with Gasteiger partial charge in [0.15, 0.2) is 6.61 Å². The smallest absolute Gasteiger partial charge is 0.341 e. The van der Waals surface area contributed by atoms with E-state index in [9.17, 15) is 13.6 Å². The van der Waals surface area contributed by atoms with Crippen LogP contribution in [-0.4, -0.2) is 29.1 Å². The first-order valence-electron chi connectivity index (χ1n) is 3.80. The Kier molecular flexibility index (Phi) is 3.96. The molecule has 0 radical (unpaired) electrons. The summed E-state index contributed by atoms with van der Waals surface area (Å²) in [7, 11) is 0. The number of pyridine rings is 1. The molecule has 1 heterocycles. The molecule has 0 atom stereocenters. The van der Waals surface area contributed by atoms with Gasteiger partial charge in [-0.2, -0.15) is 0 Å². The number of carbonyl (C=O) groups is 1. The van der Waals surface area contributed by atoms with E-state index in [-0.39, 0.29) is 11.4 Å². The molecule has 0 spiro atoms. The summed E-state index contributed by atoms with van der Waals surface area (Å²) in [6.07, 6.45) is -1.40. The average molecular weight is 282 g/mol. The third-order valence-electron chi connectivity index (χ3n) is 1.39. The molecular formula is C8H6BrF2NO3. The molecule has 1 N–H and O–H groups in total. The van der Waals surface area contributed by atoms with Crippen molar-refractivity contribution in [3.8, 4) is 5.88 Å². The van der Waals surface area contributed by atoms with Gasteiger partial charge >= 0.3 is 5.97 Å². The fourth-order valence-corrected chi connectivity index (χ4v) is 1.17. The Labute approximate surface area is 92.0 Å². The Morgan fingerprint density at radius 3 is 2.87 bits per heavy atom. The normalized spacial score (nSPS) is 10.4.